The molecule has 14 atom stereocenters. The van der Waals surface area contributed by atoms with Crippen molar-refractivity contribution < 1.29 is 121 Å². The minimum absolute atomic E-state index is 0.0603. The second-order valence-electron chi connectivity index (χ2n) is 30.7. The van der Waals surface area contributed by atoms with Crippen molar-refractivity contribution in [1.29, 1.82) is 0 Å². The van der Waals surface area contributed by atoms with Crippen LogP contribution in [0.2, 0.25) is 5.02 Å². The molecule has 10 aliphatic rings. The molecule has 8 amide bonds. The number of benzene rings is 6. The van der Waals surface area contributed by atoms with Crippen LogP contribution in [-0.4, -0.2) is 196 Å². The second kappa shape index (κ2) is 34.8. The number of hydrogen-bond donors (Lipinski definition) is 18. The van der Waals surface area contributed by atoms with Crippen LogP contribution in [0, 0.1) is 36.5 Å². The number of phenols is 3. The molecule has 1 saturated heterocycles. The first-order valence-electron chi connectivity index (χ1n) is 38.1. The van der Waals surface area contributed by atoms with Gasteiger partial charge in [0.15, 0.2) is 11.5 Å². The number of aliphatic hydroxyl groups excluding tert-OH is 6. The van der Waals surface area contributed by atoms with E-state index in [0.29, 0.717) is 18.4 Å². The molecule has 4 saturated carbocycles. The summed E-state index contributed by atoms with van der Waals surface area (Å²) < 4.78 is 66.8. The number of likely N-dealkylation sites (N-methyl/N-ethyl adjacent to an activating group) is 1. The van der Waals surface area contributed by atoms with E-state index in [9.17, 15) is 64.0 Å². The van der Waals surface area contributed by atoms with Crippen LogP contribution in [0.1, 0.15) is 129 Å². The van der Waals surface area contributed by atoms with Crippen LogP contribution < -0.4 is 66.2 Å². The molecule has 0 unspecified atom stereocenters. The largest absolute Gasteiger partial charge is 0.508 e. The van der Waals surface area contributed by atoms with Gasteiger partial charge >= 0.3 is 0 Å². The Morgan fingerprint density at radius 2 is 1.28 bits per heavy atom. The Balaban J connectivity index is 0.995. The second-order valence-corrected chi connectivity index (χ2v) is 32.8. The number of phenolic OH excluding ortho intramolecular Hbond substituents is 3. The first kappa shape index (κ1) is 83.5. The maximum Gasteiger partial charge on any atom is 0.264 e. The highest BCUT2D eigenvalue weighted by molar-refractivity contribution is 7.90. The van der Waals surface area contributed by atoms with Crippen LogP contribution in [0.25, 0.3) is 11.1 Å². The zero-order valence-corrected chi connectivity index (χ0v) is 65.1. The lowest BCUT2D eigenvalue weighted by molar-refractivity contribution is -0.277. The van der Waals surface area contributed by atoms with E-state index in [1.54, 1.807) is 6.92 Å². The van der Waals surface area contributed by atoms with Crippen molar-refractivity contribution in [2.75, 3.05) is 33.5 Å². The van der Waals surface area contributed by atoms with Crippen LogP contribution in [-0.2, 0) is 57.9 Å². The van der Waals surface area contributed by atoms with Gasteiger partial charge in [-0.25, -0.2) is 13.1 Å². The van der Waals surface area contributed by atoms with Crippen LogP contribution >= 0.6 is 11.6 Å². The minimum atomic E-state index is -4.90. The molecule has 0 aromatic heterocycles. The molecule has 0 spiro atoms. The van der Waals surface area contributed by atoms with Gasteiger partial charge in [0.2, 0.25) is 59.3 Å². The topological polar surface area (TPSA) is 516 Å². The van der Waals surface area contributed by atoms with Crippen LogP contribution in [0.3, 0.4) is 0 Å². The molecule has 620 valence electrons. The first-order valence-corrected chi connectivity index (χ1v) is 40.0. The van der Waals surface area contributed by atoms with E-state index in [1.165, 1.54) is 56.4 Å². The van der Waals surface area contributed by atoms with E-state index in [0.717, 1.165) is 92.8 Å². The van der Waals surface area contributed by atoms with Gasteiger partial charge in [-0.15, -0.1) is 0 Å². The molecule has 6 aromatic carbocycles. The summed E-state index contributed by atoms with van der Waals surface area (Å²) in [6.07, 6.45) is -10.9. The summed E-state index contributed by atoms with van der Waals surface area (Å²) in [6.45, 7) is 6.63. The van der Waals surface area contributed by atoms with Gasteiger partial charge in [0.1, 0.15) is 114 Å². The van der Waals surface area contributed by atoms with Crippen molar-refractivity contribution in [3.05, 3.63) is 142 Å². The van der Waals surface area contributed by atoms with E-state index in [1.807, 2.05) is 18.6 Å². The van der Waals surface area contributed by atoms with E-state index >= 15 is 28.8 Å². The molecule has 15 bridgehead atoms. The third-order valence-corrected chi connectivity index (χ3v) is 23.9. The molecule has 36 heteroatoms. The predicted octanol–water partition coefficient (Wildman–Crippen LogP) is 2.82. The number of carbonyl (C=O) groups is 8. The van der Waals surface area contributed by atoms with Gasteiger partial charge < -0.3 is 117 Å². The van der Waals surface area contributed by atoms with E-state index in [2.05, 4.69) is 42.5 Å². The first-order chi connectivity index (χ1) is 55.3. The van der Waals surface area contributed by atoms with Gasteiger partial charge in [0.05, 0.1) is 35.6 Å². The summed E-state index contributed by atoms with van der Waals surface area (Å²) in [5.74, 6) is -13.5. The third-order valence-electron chi connectivity index (χ3n) is 22.3. The standard InChI is InChI=1S/C80H92ClN9O25S/c1-6-110-17-18-111-45-10-12-46(13-11-45)116(108,109)90-59(95)32-51-74(102)85-63-43-28-56(112-54-15-8-39(20-35(54)4)67(96)65(78(106)83-51)88-73(101)50(82-5)19-34(2)3)72(115-80-71(100)70(99)69(98)58(33-91)114-80)57(29-43)113-55-16-9-40(27-49(55)81)68(97)66-79(107)87-64(77(105)84-61-41-22-36-21-37(24-41)25-42(61)23-36)48-30-44(92)31-53(94)60(48)47-26-38(7-14-52(47)93)62(75(103)89-66)86-76(63)104/h7-16,20,26-31,34,36-37,41-42,50-51,58,61-71,80,82,91-94,96-100H,6,17-19,21-25,32-33H2,1-5H3,(H,83,106)(H,84,105)(H,85,102)(H,86,104)(H,87,107)(H,88,101)(H,89,103)(H,90,95)/t36?,37?,41?,42?,50-,51+,58-,61?,62-,63-,64+,65-,66+,67-,68-,69-,70+,71-,80+/m1/s1. The number of nitrogens with one attached hydrogen (secondary N) is 9. The molecule has 18 N–H and O–H groups in total. The number of aryl methyl sites for hydroxylation is 1. The highest BCUT2D eigenvalue weighted by Gasteiger charge is 2.51. The lowest BCUT2D eigenvalue weighted by Gasteiger charge is -2.54. The van der Waals surface area contributed by atoms with E-state index < -0.39 is 205 Å². The Hall–Kier alpha value is -10.4. The molecule has 6 aromatic rings. The highest BCUT2D eigenvalue weighted by Crippen LogP contribution is 2.55. The fourth-order valence-corrected chi connectivity index (χ4v) is 17.9. The molecule has 5 fully saturated rings. The number of carbonyl (C=O) groups excluding carboxylic acids is 8. The monoisotopic (exact) mass is 1650 g/mol. The summed E-state index contributed by atoms with van der Waals surface area (Å²) in [5, 5.41) is 126. The van der Waals surface area contributed by atoms with Crippen LogP contribution in [0.15, 0.2) is 108 Å². The molecule has 34 nitrogen and oxygen atoms in total. The highest BCUT2D eigenvalue weighted by atomic mass is 35.5. The maximum atomic E-state index is 16.4. The lowest BCUT2D eigenvalue weighted by Crippen LogP contribution is -2.60. The number of aromatic hydroxyl groups is 3. The number of aliphatic hydroxyl groups is 6. The van der Waals surface area contributed by atoms with E-state index in [-0.39, 0.29) is 99.6 Å². The zero-order valence-electron chi connectivity index (χ0n) is 63.5. The average Bonchev–Trinajstić information content (AvgIpc) is 0.758. The van der Waals surface area contributed by atoms with Crippen molar-refractivity contribution in [3.63, 3.8) is 0 Å². The summed E-state index contributed by atoms with van der Waals surface area (Å²) >= 11 is 7.16. The Morgan fingerprint density at radius 1 is 0.647 bits per heavy atom. The summed E-state index contributed by atoms with van der Waals surface area (Å²) in [4.78, 5) is 123. The van der Waals surface area contributed by atoms with E-state index in [4.69, 9.17) is 40.0 Å². The molecule has 4 aliphatic carbocycles. The quantitative estimate of drug-likeness (QED) is 0.0518. The average molecular weight is 1650 g/mol. The normalized spacial score (nSPS) is 27.9. The Bertz CT molecular complexity index is 4870. The van der Waals surface area contributed by atoms with Crippen LogP contribution in [0.5, 0.6) is 51.7 Å². The number of fused-ring (bicyclic) bond motifs is 15. The number of halogens is 1. The Labute approximate surface area is 670 Å². The van der Waals surface area contributed by atoms with Crippen molar-refractivity contribution in [1.82, 2.24) is 47.3 Å². The van der Waals surface area contributed by atoms with Gasteiger partial charge in [-0.2, -0.15) is 0 Å². The van der Waals surface area contributed by atoms with Gasteiger partial charge in [-0.05, 0) is 201 Å². The molecular weight excluding hydrogens is 1550 g/mol. The molecule has 6 heterocycles. The fourth-order valence-electron chi connectivity index (χ4n) is 16.6. The van der Waals surface area contributed by atoms with Gasteiger partial charge in [0.25, 0.3) is 10.0 Å². The number of sulfonamides is 1. The molecule has 16 rings (SSSR count). The fraction of sp³-hybridized carbons (Fsp3) is 0.450. The number of hydrogen-bond acceptors (Lipinski definition) is 26. The van der Waals surface area contributed by atoms with Gasteiger partial charge in [0, 0.05) is 29.8 Å². The summed E-state index contributed by atoms with van der Waals surface area (Å²) in [5.41, 5.74) is -2.03. The third kappa shape index (κ3) is 17.8. The smallest absolute Gasteiger partial charge is 0.264 e. The summed E-state index contributed by atoms with van der Waals surface area (Å²) in [6, 6.07) is 4.84. The van der Waals surface area contributed by atoms with Crippen molar-refractivity contribution in [2.45, 2.75) is 169 Å². The number of amides is 8. The van der Waals surface area contributed by atoms with Crippen molar-refractivity contribution >= 4 is 68.9 Å². The van der Waals surface area contributed by atoms with Gasteiger partial charge in [-0.1, -0.05) is 43.6 Å². The van der Waals surface area contributed by atoms with Crippen molar-refractivity contribution in [3.8, 4) is 62.9 Å². The number of ether oxygens (including phenoxy) is 6. The molecular formula is C80H92ClN9O25S. The zero-order chi connectivity index (χ0) is 83.0. The van der Waals surface area contributed by atoms with Gasteiger partial charge in [-0.3, -0.25) is 38.4 Å². The Morgan fingerprint density at radius 3 is 1.93 bits per heavy atom. The molecule has 116 heavy (non-hydrogen) atoms. The Kier molecular flexibility index (Phi) is 25.0. The maximum absolute atomic E-state index is 16.4. The summed E-state index contributed by atoms with van der Waals surface area (Å²) in [7, 11) is -3.43. The number of rotatable bonds is 19. The molecule has 6 aliphatic heterocycles. The van der Waals surface area contributed by atoms with Crippen molar-refractivity contribution in [2.24, 2.45) is 29.6 Å². The SMILES string of the molecule is CCOCCOc1ccc(S(=O)(=O)NC(=O)C[C@@H]2NC(=O)[C@H](NC(=O)[C@@H](CC(C)C)NC)[C@H](O)c3ccc(c(C)c3)Oc3cc4cc(c3O[C@@H]3O[C@H](CO)[C@@H](O)[C@H](O)[C@H]3O)Oc3ccc(cc3Cl)[C@@H](O)[C@@H]3NC(=O)[C@H](NC(=O)[C@@H]4NC2=O)c2ccc(O)c(c2)-c2c(O)cc(O)cc2[C@@H](C(=O)NC2C4CC5CC(C4)CC2C5)NC3=O)cc1. The minimum Gasteiger partial charge on any atom is -0.508 e. The lowest BCUT2D eigenvalue weighted by atomic mass is 9.54. The molecule has 0 radical (unpaired) electrons. The predicted molar refractivity (Wildman–Crippen MR) is 409 cm³/mol. The van der Waals surface area contributed by atoms with Crippen LogP contribution in [0.4, 0.5) is 0 Å².